The van der Waals surface area contributed by atoms with Crippen molar-refractivity contribution in [3.8, 4) is 0 Å². The Hall–Kier alpha value is -0.130. The summed E-state index contributed by atoms with van der Waals surface area (Å²) in [7, 11) is -0.207. The highest BCUT2D eigenvalue weighted by Gasteiger charge is 2.15. The van der Waals surface area contributed by atoms with Crippen molar-refractivity contribution in [2.75, 3.05) is 14.1 Å². The smallest absolute Gasteiger partial charge is 0.199 e. The molecule has 0 saturated carbocycles. The topological polar surface area (TPSA) is 49.4 Å². The minimum atomic E-state index is -3.24. The first-order chi connectivity index (χ1) is 5.40. The van der Waals surface area contributed by atoms with Gasteiger partial charge < -0.3 is 0 Å². The fourth-order valence-electron chi connectivity index (χ4n) is 0.852. The fourth-order valence-corrected chi connectivity index (χ4v) is 1.69. The van der Waals surface area contributed by atoms with Gasteiger partial charge in [-0.3, -0.25) is 0 Å². The second-order valence-electron chi connectivity index (χ2n) is 3.10. The van der Waals surface area contributed by atoms with Crippen molar-refractivity contribution in [3.63, 3.8) is 0 Å². The number of nitrogens with one attached hydrogen (secondary N) is 1. The van der Waals surface area contributed by atoms with Gasteiger partial charge in [0.05, 0.1) is 0 Å². The fraction of sp³-hybridized carbons (Fsp3) is 1.00. The van der Waals surface area contributed by atoms with Crippen LogP contribution in [0.4, 0.5) is 0 Å². The molecule has 4 nitrogen and oxygen atoms in total. The van der Waals surface area contributed by atoms with E-state index in [1.165, 1.54) is 18.4 Å². The third-order valence-corrected chi connectivity index (χ3v) is 3.21. The molecule has 0 amide bonds. The van der Waals surface area contributed by atoms with Crippen molar-refractivity contribution in [3.05, 3.63) is 0 Å². The van der Waals surface area contributed by atoms with Crippen LogP contribution < -0.4 is 4.72 Å². The van der Waals surface area contributed by atoms with E-state index in [-0.39, 0.29) is 6.04 Å². The minimum Gasteiger partial charge on any atom is -0.199 e. The first-order valence-electron chi connectivity index (χ1n) is 4.10. The van der Waals surface area contributed by atoms with Gasteiger partial charge >= 0.3 is 0 Å². The Kier molecular flexibility index (Phi) is 4.74. The zero-order valence-corrected chi connectivity index (χ0v) is 8.98. The lowest BCUT2D eigenvalue weighted by Gasteiger charge is -2.16. The second kappa shape index (κ2) is 4.79. The predicted molar refractivity (Wildman–Crippen MR) is 50.1 cm³/mol. The highest BCUT2D eigenvalue weighted by atomic mass is 32.2. The van der Waals surface area contributed by atoms with Crippen LogP contribution in [-0.4, -0.2) is 32.9 Å². The van der Waals surface area contributed by atoms with Gasteiger partial charge in [-0.1, -0.05) is 13.3 Å². The third-order valence-electron chi connectivity index (χ3n) is 1.55. The van der Waals surface area contributed by atoms with E-state index in [0.29, 0.717) is 0 Å². The van der Waals surface area contributed by atoms with Crippen LogP contribution in [0.15, 0.2) is 0 Å². The highest BCUT2D eigenvalue weighted by molar-refractivity contribution is 7.87. The van der Waals surface area contributed by atoms with Gasteiger partial charge in [0.25, 0.3) is 10.2 Å². The van der Waals surface area contributed by atoms with Crippen LogP contribution in [0.5, 0.6) is 0 Å². The van der Waals surface area contributed by atoms with E-state index >= 15 is 0 Å². The van der Waals surface area contributed by atoms with Crippen LogP contribution in [0, 0.1) is 0 Å². The first kappa shape index (κ1) is 11.9. The quantitative estimate of drug-likeness (QED) is 0.695. The number of nitrogens with zero attached hydrogens (tertiary/aromatic N) is 1. The Bertz CT molecular complexity index is 211. The van der Waals surface area contributed by atoms with Gasteiger partial charge in [0.1, 0.15) is 0 Å². The van der Waals surface area contributed by atoms with Crippen LogP contribution in [0.1, 0.15) is 26.7 Å². The summed E-state index contributed by atoms with van der Waals surface area (Å²) in [6.45, 7) is 3.89. The van der Waals surface area contributed by atoms with Gasteiger partial charge in [0.15, 0.2) is 0 Å². The summed E-state index contributed by atoms with van der Waals surface area (Å²) in [4.78, 5) is 0. The van der Waals surface area contributed by atoms with E-state index in [1.54, 1.807) is 0 Å². The Morgan fingerprint density at radius 2 is 1.92 bits per heavy atom. The van der Waals surface area contributed by atoms with Gasteiger partial charge in [0, 0.05) is 20.1 Å². The first-order valence-corrected chi connectivity index (χ1v) is 5.54. The molecule has 1 unspecified atom stereocenters. The molecule has 0 rings (SSSR count). The maximum atomic E-state index is 11.2. The minimum absolute atomic E-state index is 0.0161. The van der Waals surface area contributed by atoms with E-state index in [0.717, 1.165) is 12.8 Å². The summed E-state index contributed by atoms with van der Waals surface area (Å²) in [5, 5.41) is 0. The van der Waals surface area contributed by atoms with E-state index in [2.05, 4.69) is 4.72 Å². The predicted octanol–water partition coefficient (Wildman–Crippen LogP) is 0.571. The summed E-state index contributed by atoms with van der Waals surface area (Å²) < 4.78 is 26.2. The summed E-state index contributed by atoms with van der Waals surface area (Å²) in [5.74, 6) is 0. The van der Waals surface area contributed by atoms with Crippen molar-refractivity contribution < 1.29 is 8.42 Å². The molecule has 74 valence electrons. The molecule has 0 fully saturated rings. The van der Waals surface area contributed by atoms with Crippen molar-refractivity contribution in [2.45, 2.75) is 32.7 Å². The molecule has 12 heavy (non-hydrogen) atoms. The van der Waals surface area contributed by atoms with Crippen molar-refractivity contribution in [2.24, 2.45) is 0 Å². The molecule has 1 N–H and O–H groups in total. The Labute approximate surface area is 75.1 Å². The largest absolute Gasteiger partial charge is 0.279 e. The van der Waals surface area contributed by atoms with Gasteiger partial charge in [-0.25, -0.2) is 0 Å². The van der Waals surface area contributed by atoms with Crippen LogP contribution in [0.3, 0.4) is 0 Å². The zero-order valence-electron chi connectivity index (χ0n) is 8.16. The van der Waals surface area contributed by atoms with Crippen molar-refractivity contribution in [1.82, 2.24) is 9.03 Å². The maximum Gasteiger partial charge on any atom is 0.279 e. The van der Waals surface area contributed by atoms with Crippen LogP contribution in [-0.2, 0) is 10.2 Å². The number of hydrogen-bond donors (Lipinski definition) is 1. The normalized spacial score (nSPS) is 15.1. The van der Waals surface area contributed by atoms with E-state index in [1.807, 2.05) is 13.8 Å². The summed E-state index contributed by atoms with van der Waals surface area (Å²) in [6, 6.07) is 0.0161. The second-order valence-corrected chi connectivity index (χ2v) is 5.01. The van der Waals surface area contributed by atoms with Crippen LogP contribution in [0.2, 0.25) is 0 Å². The molecule has 0 aliphatic carbocycles. The van der Waals surface area contributed by atoms with Crippen molar-refractivity contribution in [1.29, 1.82) is 0 Å². The number of hydrogen-bond acceptors (Lipinski definition) is 2. The monoisotopic (exact) mass is 194 g/mol. The average molecular weight is 194 g/mol. The molecule has 0 aromatic rings. The molecule has 0 aromatic heterocycles. The zero-order chi connectivity index (χ0) is 9.78. The van der Waals surface area contributed by atoms with Gasteiger partial charge in [-0.15, -0.1) is 0 Å². The van der Waals surface area contributed by atoms with E-state index in [9.17, 15) is 8.42 Å². The summed E-state index contributed by atoms with van der Waals surface area (Å²) in [5.41, 5.74) is 0. The lowest BCUT2D eigenvalue weighted by molar-refractivity contribution is 0.483. The lowest BCUT2D eigenvalue weighted by Crippen LogP contribution is -2.40. The summed E-state index contributed by atoms with van der Waals surface area (Å²) in [6.07, 6.45) is 1.85. The Morgan fingerprint density at radius 3 is 2.25 bits per heavy atom. The molecule has 0 aliphatic heterocycles. The average Bonchev–Trinajstić information content (AvgIpc) is 1.85. The SMILES string of the molecule is CCCC(C)NS(=O)(=O)N(C)C. The molecule has 0 aromatic carbocycles. The lowest BCUT2D eigenvalue weighted by atomic mass is 10.2. The standard InChI is InChI=1S/C7H18N2O2S/c1-5-6-7(2)8-12(10,11)9(3)4/h7-8H,5-6H2,1-4H3. The number of rotatable bonds is 5. The molecule has 0 aliphatic rings. The molecule has 5 heteroatoms. The molecular weight excluding hydrogens is 176 g/mol. The van der Waals surface area contributed by atoms with Gasteiger partial charge in [0.2, 0.25) is 0 Å². The molecule has 0 heterocycles. The molecule has 0 spiro atoms. The Balaban J connectivity index is 4.07. The van der Waals surface area contributed by atoms with E-state index in [4.69, 9.17) is 0 Å². The molecule has 0 radical (unpaired) electrons. The van der Waals surface area contributed by atoms with Gasteiger partial charge in [-0.05, 0) is 13.3 Å². The highest BCUT2D eigenvalue weighted by Crippen LogP contribution is 1.98. The van der Waals surface area contributed by atoms with Crippen LogP contribution in [0.25, 0.3) is 0 Å². The molecular formula is C7H18N2O2S. The molecule has 0 saturated heterocycles. The third kappa shape index (κ3) is 4.04. The van der Waals surface area contributed by atoms with E-state index < -0.39 is 10.2 Å². The maximum absolute atomic E-state index is 11.2. The van der Waals surface area contributed by atoms with Gasteiger partial charge in [-0.2, -0.15) is 17.4 Å². The van der Waals surface area contributed by atoms with Crippen LogP contribution >= 0.6 is 0 Å². The Morgan fingerprint density at radius 1 is 1.42 bits per heavy atom. The molecule has 1 atom stereocenters. The van der Waals surface area contributed by atoms with Crippen molar-refractivity contribution >= 4 is 10.2 Å². The summed E-state index contributed by atoms with van der Waals surface area (Å²) >= 11 is 0. The molecule has 0 bridgehead atoms.